The molecule has 7 heteroatoms. The number of ether oxygens (including phenoxy) is 1. The van der Waals surface area contributed by atoms with Crippen LogP contribution in [0, 0.1) is 10.1 Å². The molecule has 0 radical (unpaired) electrons. The Morgan fingerprint density at radius 3 is 2.24 bits per heavy atom. The van der Waals surface area contributed by atoms with Gasteiger partial charge in [-0.15, -0.1) is 0 Å². The maximum Gasteiger partial charge on any atom is 0.408 e. The first-order chi connectivity index (χ1) is 13.6. The van der Waals surface area contributed by atoms with Crippen LogP contribution in [0.15, 0.2) is 60.7 Å². The van der Waals surface area contributed by atoms with Crippen LogP contribution in [0.1, 0.15) is 31.9 Å². The largest absolute Gasteiger partial charge is 0.444 e. The normalized spacial score (nSPS) is 11.6. The van der Waals surface area contributed by atoms with Gasteiger partial charge in [-0.05, 0) is 62.1 Å². The lowest BCUT2D eigenvalue weighted by Crippen LogP contribution is -2.35. The van der Waals surface area contributed by atoms with Gasteiger partial charge in [-0.1, -0.05) is 30.3 Å². The van der Waals surface area contributed by atoms with Crippen LogP contribution in [-0.2, 0) is 16.0 Å². The van der Waals surface area contributed by atoms with Gasteiger partial charge in [0, 0.05) is 12.1 Å². The van der Waals surface area contributed by atoms with Crippen molar-refractivity contribution in [2.24, 2.45) is 0 Å². The molecule has 2 aromatic carbocycles. The molecular formula is C22H24N2O5. The first-order valence-corrected chi connectivity index (χ1v) is 9.13. The number of amides is 1. The number of nitrogens with zero attached hydrogens (tertiary/aromatic N) is 1. The predicted octanol–water partition coefficient (Wildman–Crippen LogP) is 4.31. The number of ketones is 1. The van der Waals surface area contributed by atoms with Crippen molar-refractivity contribution >= 4 is 23.1 Å². The van der Waals surface area contributed by atoms with E-state index in [0.717, 1.165) is 5.56 Å². The fourth-order valence-electron chi connectivity index (χ4n) is 2.57. The van der Waals surface area contributed by atoms with Gasteiger partial charge < -0.3 is 10.1 Å². The van der Waals surface area contributed by atoms with Crippen molar-refractivity contribution in [3.8, 4) is 0 Å². The van der Waals surface area contributed by atoms with E-state index < -0.39 is 16.6 Å². The summed E-state index contributed by atoms with van der Waals surface area (Å²) in [7, 11) is 0. The van der Waals surface area contributed by atoms with E-state index in [1.807, 2.05) is 30.3 Å². The van der Waals surface area contributed by atoms with E-state index in [-0.39, 0.29) is 18.0 Å². The Bertz CT molecular complexity index is 897. The molecule has 2 rings (SSSR count). The summed E-state index contributed by atoms with van der Waals surface area (Å²) in [6.07, 6.45) is 1.25. The molecular weight excluding hydrogens is 372 g/mol. The Labute approximate surface area is 169 Å². The number of hydrogen-bond donors (Lipinski definition) is 1. The molecule has 0 aliphatic heterocycles. The van der Waals surface area contributed by atoms with E-state index in [9.17, 15) is 19.7 Å². The van der Waals surface area contributed by atoms with Crippen molar-refractivity contribution in [1.82, 2.24) is 5.32 Å². The predicted molar refractivity (Wildman–Crippen MR) is 110 cm³/mol. The first-order valence-electron chi connectivity index (χ1n) is 9.13. The van der Waals surface area contributed by atoms with E-state index in [4.69, 9.17) is 4.74 Å². The number of non-ortho nitro benzene ring substituents is 1. The summed E-state index contributed by atoms with van der Waals surface area (Å²) in [6, 6.07) is 15.6. The summed E-state index contributed by atoms with van der Waals surface area (Å²) >= 11 is 0. The fourth-order valence-corrected chi connectivity index (χ4v) is 2.57. The molecule has 0 unspecified atom stereocenters. The second kappa shape index (κ2) is 9.64. The summed E-state index contributed by atoms with van der Waals surface area (Å²) in [5, 5.41) is 13.3. The molecule has 152 valence electrons. The highest BCUT2D eigenvalue weighted by molar-refractivity contribution is 5.99. The van der Waals surface area contributed by atoms with Crippen LogP contribution in [-0.4, -0.2) is 28.9 Å². The van der Waals surface area contributed by atoms with Gasteiger partial charge >= 0.3 is 6.09 Å². The molecule has 0 aliphatic rings. The average Bonchev–Trinajstić information content (AvgIpc) is 2.65. The summed E-state index contributed by atoms with van der Waals surface area (Å²) in [4.78, 5) is 34.6. The van der Waals surface area contributed by atoms with E-state index in [0.29, 0.717) is 17.6 Å². The molecule has 0 aliphatic carbocycles. The minimum atomic E-state index is -0.667. The lowest BCUT2D eigenvalue weighted by Gasteiger charge is -2.19. The fraction of sp³-hybridized carbons (Fsp3) is 0.273. The molecule has 1 N–H and O–H groups in total. The molecule has 0 atom stereocenters. The van der Waals surface area contributed by atoms with Crippen LogP contribution in [0.25, 0.3) is 5.57 Å². The molecule has 1 amide bonds. The lowest BCUT2D eigenvalue weighted by atomic mass is 9.96. The maximum atomic E-state index is 12.4. The van der Waals surface area contributed by atoms with Gasteiger partial charge in [-0.3, -0.25) is 14.9 Å². The summed E-state index contributed by atoms with van der Waals surface area (Å²) in [5.74, 6) is -0.305. The molecule has 0 saturated carbocycles. The SMILES string of the molecule is CC(C)(C)OC(=O)NCC(=O)/C=C(\Cc1ccccc1)c1ccc([N+](=O)[O-])cc1. The van der Waals surface area contributed by atoms with Crippen LogP contribution in [0.5, 0.6) is 0 Å². The molecule has 0 saturated heterocycles. The standard InChI is InChI=1S/C22H24N2O5/c1-22(2,3)29-21(26)23-15-20(25)14-18(13-16-7-5-4-6-8-16)17-9-11-19(12-10-17)24(27)28/h4-12,14H,13,15H2,1-3H3,(H,23,26)/b18-14+. The van der Waals surface area contributed by atoms with Gasteiger partial charge in [0.25, 0.3) is 5.69 Å². The molecule has 0 fully saturated rings. The Hall–Kier alpha value is -3.48. The second-order valence-electron chi connectivity index (χ2n) is 7.46. The number of hydrogen-bond acceptors (Lipinski definition) is 5. The Morgan fingerprint density at radius 2 is 1.69 bits per heavy atom. The van der Waals surface area contributed by atoms with Crippen LogP contribution >= 0.6 is 0 Å². The summed E-state index contributed by atoms with van der Waals surface area (Å²) < 4.78 is 5.12. The molecule has 0 heterocycles. The molecule has 2 aromatic rings. The quantitative estimate of drug-likeness (QED) is 0.427. The summed E-state index contributed by atoms with van der Waals surface area (Å²) in [6.45, 7) is 5.00. The molecule has 0 spiro atoms. The Morgan fingerprint density at radius 1 is 1.07 bits per heavy atom. The van der Waals surface area contributed by atoms with E-state index in [2.05, 4.69) is 5.32 Å². The van der Waals surface area contributed by atoms with Crippen LogP contribution < -0.4 is 5.32 Å². The molecule has 0 aromatic heterocycles. The minimum Gasteiger partial charge on any atom is -0.444 e. The highest BCUT2D eigenvalue weighted by atomic mass is 16.6. The van der Waals surface area contributed by atoms with E-state index >= 15 is 0 Å². The van der Waals surface area contributed by atoms with Gasteiger partial charge in [-0.2, -0.15) is 0 Å². The zero-order valence-corrected chi connectivity index (χ0v) is 16.7. The zero-order valence-electron chi connectivity index (χ0n) is 16.7. The molecule has 0 bridgehead atoms. The van der Waals surface area contributed by atoms with Crippen LogP contribution in [0.2, 0.25) is 0 Å². The number of nitro groups is 1. The lowest BCUT2D eigenvalue weighted by molar-refractivity contribution is -0.384. The maximum absolute atomic E-state index is 12.4. The monoisotopic (exact) mass is 396 g/mol. The second-order valence-corrected chi connectivity index (χ2v) is 7.46. The number of nitrogens with one attached hydrogen (secondary N) is 1. The number of rotatable bonds is 7. The van der Waals surface area contributed by atoms with Gasteiger partial charge in [0.1, 0.15) is 5.60 Å². The number of carbonyl (C=O) groups excluding carboxylic acids is 2. The number of allylic oxidation sites excluding steroid dienone is 1. The smallest absolute Gasteiger partial charge is 0.408 e. The third kappa shape index (κ3) is 7.57. The highest BCUT2D eigenvalue weighted by Gasteiger charge is 2.16. The van der Waals surface area contributed by atoms with Crippen molar-refractivity contribution in [2.45, 2.75) is 32.8 Å². The number of nitro benzene ring substituents is 1. The van der Waals surface area contributed by atoms with Gasteiger partial charge in [0.05, 0.1) is 11.5 Å². The third-order valence-electron chi connectivity index (χ3n) is 3.83. The Balaban J connectivity index is 2.18. The topological polar surface area (TPSA) is 98.5 Å². The third-order valence-corrected chi connectivity index (χ3v) is 3.83. The van der Waals surface area contributed by atoms with Gasteiger partial charge in [0.2, 0.25) is 0 Å². The molecule has 29 heavy (non-hydrogen) atoms. The van der Waals surface area contributed by atoms with Crippen molar-refractivity contribution in [1.29, 1.82) is 0 Å². The number of alkyl carbamates (subject to hydrolysis) is 1. The summed E-state index contributed by atoms with van der Waals surface area (Å²) in [5.41, 5.74) is 1.71. The zero-order chi connectivity index (χ0) is 21.4. The minimum absolute atomic E-state index is 0.0225. The molecule has 7 nitrogen and oxygen atoms in total. The average molecular weight is 396 g/mol. The van der Waals surface area contributed by atoms with Gasteiger partial charge in [0.15, 0.2) is 5.78 Å². The number of carbonyl (C=O) groups is 2. The highest BCUT2D eigenvalue weighted by Crippen LogP contribution is 2.22. The van der Waals surface area contributed by atoms with E-state index in [1.54, 1.807) is 32.9 Å². The van der Waals surface area contributed by atoms with Crippen LogP contribution in [0.4, 0.5) is 10.5 Å². The van der Waals surface area contributed by atoms with Crippen molar-refractivity contribution in [2.75, 3.05) is 6.54 Å². The first kappa shape index (κ1) is 21.8. The van der Waals surface area contributed by atoms with Gasteiger partial charge in [-0.25, -0.2) is 4.79 Å². The van der Waals surface area contributed by atoms with Crippen molar-refractivity contribution < 1.29 is 19.2 Å². The van der Waals surface area contributed by atoms with Crippen LogP contribution in [0.3, 0.4) is 0 Å². The van der Waals surface area contributed by atoms with Crippen molar-refractivity contribution in [3.05, 3.63) is 81.9 Å². The number of benzene rings is 2. The Kier molecular flexibility index (Phi) is 7.25. The van der Waals surface area contributed by atoms with Crippen molar-refractivity contribution in [3.63, 3.8) is 0 Å². The van der Waals surface area contributed by atoms with E-state index in [1.165, 1.54) is 18.2 Å².